The molecule has 7 nitrogen and oxygen atoms in total. The van der Waals surface area contributed by atoms with E-state index in [9.17, 15) is 14.4 Å². The summed E-state index contributed by atoms with van der Waals surface area (Å²) in [6, 6.07) is 31.0. The number of nitrogens with one attached hydrogen (secondary N) is 3. The lowest BCUT2D eigenvalue weighted by Crippen LogP contribution is -2.30. The average molecular weight is 658 g/mol. The monoisotopic (exact) mass is 656 g/mol. The summed E-state index contributed by atoms with van der Waals surface area (Å²) in [5.41, 5.74) is 2.62. The number of nitrogens with zero attached hydrogens (tertiary/aromatic N) is 1. The number of carbonyl (C=O) groups is 3. The van der Waals surface area contributed by atoms with Crippen LogP contribution in [0.1, 0.15) is 22.8 Å². The van der Waals surface area contributed by atoms with Gasteiger partial charge in [0.05, 0.1) is 15.5 Å². The van der Waals surface area contributed by atoms with Gasteiger partial charge in [-0.25, -0.2) is 4.98 Å². The molecule has 3 N–H and O–H groups in total. The quantitative estimate of drug-likeness (QED) is 0.112. The van der Waals surface area contributed by atoms with Crippen molar-refractivity contribution < 1.29 is 14.4 Å². The lowest BCUT2D eigenvalue weighted by atomic mass is 10.1. The number of thiazole rings is 1. The summed E-state index contributed by atoms with van der Waals surface area (Å²) < 4.78 is 1.85. The number of thioether (sulfide) groups is 1. The van der Waals surface area contributed by atoms with Crippen LogP contribution >= 0.6 is 39.0 Å². The fourth-order valence-corrected chi connectivity index (χ4v) is 6.15. The predicted molar refractivity (Wildman–Crippen MR) is 175 cm³/mol. The SMILES string of the molecule is CC(Sc1cccc(NC(=O)/C(=C\c2cccc(Br)c2)NC(=O)c2ccccc2)c1)C(=O)Nc1nc2ccccc2s1. The van der Waals surface area contributed by atoms with E-state index in [4.69, 9.17) is 0 Å². The molecule has 0 fully saturated rings. The Morgan fingerprint density at radius 2 is 1.64 bits per heavy atom. The van der Waals surface area contributed by atoms with Crippen LogP contribution in [-0.2, 0) is 9.59 Å². The van der Waals surface area contributed by atoms with E-state index in [1.165, 1.54) is 23.1 Å². The molecular weight excluding hydrogens is 632 g/mol. The van der Waals surface area contributed by atoms with Crippen molar-refractivity contribution in [2.24, 2.45) is 0 Å². The second kappa shape index (κ2) is 13.6. The molecule has 1 atom stereocenters. The van der Waals surface area contributed by atoms with Gasteiger partial charge in [-0.2, -0.15) is 0 Å². The second-order valence-corrected chi connectivity index (χ2v) is 12.5. The van der Waals surface area contributed by atoms with Gasteiger partial charge in [0, 0.05) is 20.6 Å². The zero-order valence-corrected chi connectivity index (χ0v) is 25.6. The molecule has 0 aliphatic carbocycles. The van der Waals surface area contributed by atoms with E-state index in [0.717, 1.165) is 25.1 Å². The van der Waals surface area contributed by atoms with Crippen LogP contribution in [0.3, 0.4) is 0 Å². The zero-order chi connectivity index (χ0) is 29.5. The number of benzene rings is 4. The first kappa shape index (κ1) is 29.2. The third kappa shape index (κ3) is 7.73. The van der Waals surface area contributed by atoms with Crippen molar-refractivity contribution in [3.8, 4) is 0 Å². The number of amides is 3. The molecule has 0 bridgehead atoms. The number of fused-ring (bicyclic) bond motifs is 1. The van der Waals surface area contributed by atoms with Crippen LogP contribution in [0.15, 0.2) is 118 Å². The Hall–Kier alpha value is -4.25. The van der Waals surface area contributed by atoms with Crippen molar-refractivity contribution in [2.75, 3.05) is 10.6 Å². The molecule has 1 unspecified atom stereocenters. The molecule has 1 heterocycles. The van der Waals surface area contributed by atoms with E-state index in [1.54, 1.807) is 48.5 Å². The van der Waals surface area contributed by atoms with Crippen LogP contribution in [0.25, 0.3) is 16.3 Å². The van der Waals surface area contributed by atoms with Crippen molar-refractivity contribution in [3.05, 3.63) is 124 Å². The first-order valence-corrected chi connectivity index (χ1v) is 15.4. The third-order valence-electron chi connectivity index (χ3n) is 5.99. The summed E-state index contributed by atoms with van der Waals surface area (Å²) in [5, 5.41) is 8.66. The molecule has 10 heteroatoms. The maximum atomic E-state index is 13.4. The van der Waals surface area contributed by atoms with Gasteiger partial charge in [0.15, 0.2) is 5.13 Å². The standard InChI is InChI=1S/C32H25BrN4O3S2/c1-20(29(38)37-32-36-26-15-5-6-16-28(26)42-32)41-25-14-8-13-24(19-25)34-31(40)27(18-21-9-7-12-23(33)17-21)35-30(39)22-10-3-2-4-11-22/h2-20H,1H3,(H,34,40)(H,35,39)(H,36,37,38)/b27-18+. The van der Waals surface area contributed by atoms with E-state index in [1.807, 2.05) is 67.6 Å². The number of para-hydroxylation sites is 1. The fourth-order valence-electron chi connectivity index (χ4n) is 3.94. The van der Waals surface area contributed by atoms with Crippen molar-refractivity contribution in [3.63, 3.8) is 0 Å². The molecule has 0 aliphatic heterocycles. The molecule has 4 aromatic carbocycles. The maximum absolute atomic E-state index is 13.4. The van der Waals surface area contributed by atoms with Gasteiger partial charge in [-0.3, -0.25) is 14.4 Å². The second-order valence-electron chi connectivity index (χ2n) is 9.15. The first-order valence-electron chi connectivity index (χ1n) is 12.9. The third-order valence-corrected chi connectivity index (χ3v) is 8.53. The lowest BCUT2D eigenvalue weighted by molar-refractivity contribution is -0.115. The van der Waals surface area contributed by atoms with Crippen molar-refractivity contribution >= 4 is 83.9 Å². The number of hydrogen-bond acceptors (Lipinski definition) is 6. The van der Waals surface area contributed by atoms with E-state index < -0.39 is 17.1 Å². The van der Waals surface area contributed by atoms with Gasteiger partial charge in [0.2, 0.25) is 5.91 Å². The number of rotatable bonds is 9. The predicted octanol–water partition coefficient (Wildman–Crippen LogP) is 7.59. The number of aromatic nitrogens is 1. The minimum absolute atomic E-state index is 0.0867. The Morgan fingerprint density at radius 3 is 2.43 bits per heavy atom. The Balaban J connectivity index is 1.28. The van der Waals surface area contributed by atoms with Crippen LogP contribution in [-0.4, -0.2) is 28.0 Å². The smallest absolute Gasteiger partial charge is 0.272 e. The molecule has 5 rings (SSSR count). The van der Waals surface area contributed by atoms with Gasteiger partial charge in [-0.1, -0.05) is 75.8 Å². The summed E-state index contributed by atoms with van der Waals surface area (Å²) in [6.07, 6.45) is 1.62. The minimum Gasteiger partial charge on any atom is -0.321 e. The minimum atomic E-state index is -0.483. The Morgan fingerprint density at radius 1 is 0.881 bits per heavy atom. The highest BCUT2D eigenvalue weighted by molar-refractivity contribution is 9.10. The summed E-state index contributed by atoms with van der Waals surface area (Å²) in [7, 11) is 0. The summed E-state index contributed by atoms with van der Waals surface area (Å²) in [4.78, 5) is 44.5. The van der Waals surface area contributed by atoms with E-state index in [-0.39, 0.29) is 11.6 Å². The van der Waals surface area contributed by atoms with Crippen molar-refractivity contribution in [1.82, 2.24) is 10.3 Å². The molecule has 0 saturated heterocycles. The summed E-state index contributed by atoms with van der Waals surface area (Å²) in [5.74, 6) is -1.05. The Labute approximate surface area is 259 Å². The molecule has 1 aromatic heterocycles. The lowest BCUT2D eigenvalue weighted by Gasteiger charge is -2.13. The van der Waals surface area contributed by atoms with Crippen molar-refractivity contribution in [2.45, 2.75) is 17.1 Å². The molecule has 0 saturated carbocycles. The van der Waals surface area contributed by atoms with Gasteiger partial charge >= 0.3 is 0 Å². The van der Waals surface area contributed by atoms with Crippen LogP contribution in [0.2, 0.25) is 0 Å². The molecule has 0 spiro atoms. The number of halogens is 1. The van der Waals surface area contributed by atoms with Gasteiger partial charge < -0.3 is 16.0 Å². The molecule has 0 radical (unpaired) electrons. The first-order chi connectivity index (χ1) is 20.3. The van der Waals surface area contributed by atoms with E-state index in [0.29, 0.717) is 16.4 Å². The van der Waals surface area contributed by atoms with Gasteiger partial charge in [-0.05, 0) is 73.2 Å². The topological polar surface area (TPSA) is 100 Å². The fraction of sp³-hybridized carbons (Fsp3) is 0.0625. The van der Waals surface area contributed by atoms with Gasteiger partial charge in [0.25, 0.3) is 11.8 Å². The normalized spacial score (nSPS) is 12.0. The van der Waals surface area contributed by atoms with Crippen LogP contribution < -0.4 is 16.0 Å². The van der Waals surface area contributed by atoms with E-state index in [2.05, 4.69) is 36.9 Å². The zero-order valence-electron chi connectivity index (χ0n) is 22.3. The van der Waals surface area contributed by atoms with Crippen molar-refractivity contribution in [1.29, 1.82) is 0 Å². The highest BCUT2D eigenvalue weighted by atomic mass is 79.9. The highest BCUT2D eigenvalue weighted by Crippen LogP contribution is 2.29. The van der Waals surface area contributed by atoms with E-state index >= 15 is 0 Å². The Kier molecular flexibility index (Phi) is 9.48. The average Bonchev–Trinajstić information content (AvgIpc) is 3.40. The molecule has 3 amide bonds. The molecule has 5 aromatic rings. The highest BCUT2D eigenvalue weighted by Gasteiger charge is 2.18. The molecular formula is C32H25BrN4O3S2. The van der Waals surface area contributed by atoms with Gasteiger partial charge in [-0.15, -0.1) is 11.8 Å². The number of hydrogen-bond donors (Lipinski definition) is 3. The Bertz CT molecular complexity index is 1760. The molecule has 210 valence electrons. The van der Waals surface area contributed by atoms with Gasteiger partial charge in [0.1, 0.15) is 5.70 Å². The summed E-state index contributed by atoms with van der Waals surface area (Å²) >= 11 is 6.23. The maximum Gasteiger partial charge on any atom is 0.272 e. The largest absolute Gasteiger partial charge is 0.321 e. The molecule has 42 heavy (non-hydrogen) atoms. The molecule has 0 aliphatic rings. The van der Waals surface area contributed by atoms with Crippen LogP contribution in [0.5, 0.6) is 0 Å². The number of carbonyl (C=O) groups excluding carboxylic acids is 3. The number of anilines is 2. The summed E-state index contributed by atoms with van der Waals surface area (Å²) in [6.45, 7) is 1.82. The van der Waals surface area contributed by atoms with Crippen LogP contribution in [0.4, 0.5) is 10.8 Å². The van der Waals surface area contributed by atoms with Crippen LogP contribution in [0, 0.1) is 0 Å².